The quantitative estimate of drug-likeness (QED) is 0.831. The summed E-state index contributed by atoms with van der Waals surface area (Å²) in [4.78, 5) is 0. The van der Waals surface area contributed by atoms with Crippen LogP contribution in [0.2, 0.25) is 0 Å². The smallest absolute Gasteiger partial charge is 0.0687 e. The molecule has 1 heterocycles. The average molecular weight is 265 g/mol. The Morgan fingerprint density at radius 1 is 1.00 bits per heavy atom. The van der Waals surface area contributed by atoms with Gasteiger partial charge in [-0.1, -0.05) is 32.1 Å². The molecular weight excluding hydrogens is 234 g/mol. The van der Waals surface area contributed by atoms with E-state index in [0.29, 0.717) is 11.7 Å². The summed E-state index contributed by atoms with van der Waals surface area (Å²) in [7, 11) is 2.12. The van der Waals surface area contributed by atoms with Gasteiger partial charge in [-0.25, -0.2) is 0 Å². The lowest BCUT2D eigenvalue weighted by Crippen LogP contribution is -2.34. The fourth-order valence-electron chi connectivity index (χ4n) is 4.76. The van der Waals surface area contributed by atoms with Crippen molar-refractivity contribution in [1.82, 2.24) is 5.32 Å². The van der Waals surface area contributed by atoms with E-state index >= 15 is 0 Å². The number of ether oxygens (including phenoxy) is 1. The van der Waals surface area contributed by atoms with Crippen LogP contribution in [-0.4, -0.2) is 24.8 Å². The fourth-order valence-corrected chi connectivity index (χ4v) is 4.76. The molecule has 3 rings (SSSR count). The molecule has 110 valence electrons. The Kier molecular flexibility index (Phi) is 4.48. The molecule has 1 saturated heterocycles. The first kappa shape index (κ1) is 13.9. The van der Waals surface area contributed by atoms with Gasteiger partial charge in [0.2, 0.25) is 0 Å². The first-order chi connectivity index (χ1) is 9.30. The second kappa shape index (κ2) is 6.13. The van der Waals surface area contributed by atoms with Gasteiger partial charge < -0.3 is 10.1 Å². The zero-order chi connectivity index (χ0) is 13.1. The molecule has 3 fully saturated rings. The second-order valence-electron chi connectivity index (χ2n) is 7.28. The average Bonchev–Trinajstić information content (AvgIpc) is 2.82. The third kappa shape index (κ3) is 3.33. The van der Waals surface area contributed by atoms with Crippen molar-refractivity contribution in [2.75, 3.05) is 7.05 Å². The van der Waals surface area contributed by atoms with E-state index in [4.69, 9.17) is 4.74 Å². The van der Waals surface area contributed by atoms with Crippen LogP contribution in [0, 0.1) is 5.92 Å². The van der Waals surface area contributed by atoms with Crippen LogP contribution in [0.5, 0.6) is 0 Å². The molecule has 3 unspecified atom stereocenters. The standard InChI is InChI=1S/C17H31NO/c1-18-15-7-5-6-14(12-15)13-16-8-11-17(19-16)9-3-2-4-10-17/h14-16,18H,2-13H2,1H3. The Labute approximate surface area is 118 Å². The third-order valence-electron chi connectivity index (χ3n) is 5.89. The van der Waals surface area contributed by atoms with E-state index < -0.39 is 0 Å². The van der Waals surface area contributed by atoms with Crippen LogP contribution >= 0.6 is 0 Å². The Morgan fingerprint density at radius 3 is 2.63 bits per heavy atom. The number of hydrogen-bond donors (Lipinski definition) is 1. The first-order valence-corrected chi connectivity index (χ1v) is 8.65. The number of rotatable bonds is 3. The van der Waals surface area contributed by atoms with E-state index in [1.165, 1.54) is 77.0 Å². The minimum atomic E-state index is 0.319. The molecule has 1 aliphatic heterocycles. The van der Waals surface area contributed by atoms with Gasteiger partial charge in [-0.2, -0.15) is 0 Å². The van der Waals surface area contributed by atoms with Crippen LogP contribution in [0.1, 0.15) is 77.0 Å². The van der Waals surface area contributed by atoms with Gasteiger partial charge in [-0.15, -0.1) is 0 Å². The van der Waals surface area contributed by atoms with Gasteiger partial charge in [-0.3, -0.25) is 0 Å². The fraction of sp³-hybridized carbons (Fsp3) is 1.00. The van der Waals surface area contributed by atoms with Crippen molar-refractivity contribution in [3.63, 3.8) is 0 Å². The molecule has 0 radical (unpaired) electrons. The molecular formula is C17H31NO. The van der Waals surface area contributed by atoms with Gasteiger partial charge in [0, 0.05) is 6.04 Å². The molecule has 2 heteroatoms. The normalized spacial score (nSPS) is 38.7. The Hall–Kier alpha value is -0.0800. The molecule has 3 aliphatic rings. The van der Waals surface area contributed by atoms with Crippen LogP contribution in [0.15, 0.2) is 0 Å². The molecule has 0 bridgehead atoms. The molecule has 0 aromatic rings. The highest BCUT2D eigenvalue weighted by Gasteiger charge is 2.41. The number of nitrogens with one attached hydrogen (secondary N) is 1. The monoisotopic (exact) mass is 265 g/mol. The lowest BCUT2D eigenvalue weighted by atomic mass is 9.81. The molecule has 1 N–H and O–H groups in total. The highest BCUT2D eigenvalue weighted by atomic mass is 16.5. The van der Waals surface area contributed by atoms with Crippen molar-refractivity contribution in [2.45, 2.75) is 94.8 Å². The van der Waals surface area contributed by atoms with E-state index in [1.807, 2.05) is 0 Å². The Morgan fingerprint density at radius 2 is 1.84 bits per heavy atom. The minimum Gasteiger partial charge on any atom is -0.372 e. The van der Waals surface area contributed by atoms with E-state index in [0.717, 1.165) is 12.0 Å². The molecule has 19 heavy (non-hydrogen) atoms. The van der Waals surface area contributed by atoms with Gasteiger partial charge in [0.25, 0.3) is 0 Å². The minimum absolute atomic E-state index is 0.319. The SMILES string of the molecule is CNC1CCCC(CC2CCC3(CCCCC3)O2)C1. The van der Waals surface area contributed by atoms with E-state index in [1.54, 1.807) is 0 Å². The van der Waals surface area contributed by atoms with Crippen LogP contribution in [0.25, 0.3) is 0 Å². The summed E-state index contributed by atoms with van der Waals surface area (Å²) in [6, 6.07) is 0.767. The van der Waals surface area contributed by atoms with Crippen molar-refractivity contribution in [2.24, 2.45) is 5.92 Å². The molecule has 2 saturated carbocycles. The van der Waals surface area contributed by atoms with Gasteiger partial charge in [0.05, 0.1) is 11.7 Å². The van der Waals surface area contributed by atoms with E-state index in [9.17, 15) is 0 Å². The Balaban J connectivity index is 1.48. The van der Waals surface area contributed by atoms with Crippen LogP contribution in [0.4, 0.5) is 0 Å². The molecule has 0 aromatic heterocycles. The predicted octanol–water partition coefficient (Wildman–Crippen LogP) is 4.04. The molecule has 0 aromatic carbocycles. The summed E-state index contributed by atoms with van der Waals surface area (Å²) in [5, 5.41) is 3.47. The molecule has 2 nitrogen and oxygen atoms in total. The topological polar surface area (TPSA) is 21.3 Å². The van der Waals surface area contributed by atoms with Gasteiger partial charge >= 0.3 is 0 Å². The maximum Gasteiger partial charge on any atom is 0.0687 e. The van der Waals surface area contributed by atoms with Crippen LogP contribution in [0.3, 0.4) is 0 Å². The van der Waals surface area contributed by atoms with Crippen LogP contribution < -0.4 is 5.32 Å². The summed E-state index contributed by atoms with van der Waals surface area (Å²) in [6.07, 6.45) is 17.1. The maximum absolute atomic E-state index is 6.54. The Bertz CT molecular complexity index is 285. The molecule has 1 spiro atoms. The third-order valence-corrected chi connectivity index (χ3v) is 5.89. The van der Waals surface area contributed by atoms with Crippen LogP contribution in [-0.2, 0) is 4.74 Å². The van der Waals surface area contributed by atoms with Crippen molar-refractivity contribution in [3.8, 4) is 0 Å². The van der Waals surface area contributed by atoms with Crippen molar-refractivity contribution in [1.29, 1.82) is 0 Å². The first-order valence-electron chi connectivity index (χ1n) is 8.65. The summed E-state index contributed by atoms with van der Waals surface area (Å²) >= 11 is 0. The van der Waals surface area contributed by atoms with Gasteiger partial charge in [0.15, 0.2) is 0 Å². The second-order valence-corrected chi connectivity index (χ2v) is 7.28. The van der Waals surface area contributed by atoms with Crippen molar-refractivity contribution >= 4 is 0 Å². The maximum atomic E-state index is 6.54. The summed E-state index contributed by atoms with van der Waals surface area (Å²) in [5.74, 6) is 0.912. The molecule has 3 atom stereocenters. The van der Waals surface area contributed by atoms with Gasteiger partial charge in [-0.05, 0) is 57.9 Å². The van der Waals surface area contributed by atoms with Crippen molar-refractivity contribution in [3.05, 3.63) is 0 Å². The van der Waals surface area contributed by atoms with E-state index in [2.05, 4.69) is 12.4 Å². The predicted molar refractivity (Wildman–Crippen MR) is 79.3 cm³/mol. The van der Waals surface area contributed by atoms with E-state index in [-0.39, 0.29) is 0 Å². The van der Waals surface area contributed by atoms with Crippen molar-refractivity contribution < 1.29 is 4.74 Å². The van der Waals surface area contributed by atoms with Gasteiger partial charge in [0.1, 0.15) is 0 Å². The molecule has 2 aliphatic carbocycles. The highest BCUT2D eigenvalue weighted by molar-refractivity contribution is 4.92. The lowest BCUT2D eigenvalue weighted by Gasteiger charge is -2.35. The largest absolute Gasteiger partial charge is 0.372 e. The summed E-state index contributed by atoms with van der Waals surface area (Å²) in [6.45, 7) is 0. The summed E-state index contributed by atoms with van der Waals surface area (Å²) < 4.78 is 6.54. The highest BCUT2D eigenvalue weighted by Crippen LogP contribution is 2.44. The molecule has 0 amide bonds. The zero-order valence-electron chi connectivity index (χ0n) is 12.6. The zero-order valence-corrected chi connectivity index (χ0v) is 12.6. The summed E-state index contributed by atoms with van der Waals surface area (Å²) in [5.41, 5.74) is 0.319. The number of hydrogen-bond acceptors (Lipinski definition) is 2. The lowest BCUT2D eigenvalue weighted by molar-refractivity contribution is -0.0713.